The lowest BCUT2D eigenvalue weighted by Gasteiger charge is -2.18. The highest BCUT2D eigenvalue weighted by Crippen LogP contribution is 2.15. The summed E-state index contributed by atoms with van der Waals surface area (Å²) < 4.78 is 35.6. The van der Waals surface area contributed by atoms with Crippen LogP contribution in [-0.2, 0) is 0 Å². The Kier molecular flexibility index (Phi) is 6.11. The normalized spacial score (nSPS) is 14.8. The van der Waals surface area contributed by atoms with E-state index in [1.165, 1.54) is 11.9 Å². The number of rotatable bonds is 6. The molecule has 5 heteroatoms. The summed E-state index contributed by atoms with van der Waals surface area (Å²) in [5.41, 5.74) is 5.52. The Balaban J connectivity index is 3.40. The molecule has 0 aromatic heterocycles. The van der Waals surface area contributed by atoms with Crippen molar-refractivity contribution in [3.8, 4) is 0 Å². The van der Waals surface area contributed by atoms with Crippen molar-refractivity contribution in [3.63, 3.8) is 0 Å². The van der Waals surface area contributed by atoms with E-state index < -0.39 is 12.7 Å². The molecule has 0 aromatic rings. The van der Waals surface area contributed by atoms with Crippen LogP contribution in [0.3, 0.4) is 0 Å². The van der Waals surface area contributed by atoms with Crippen LogP contribution < -0.4 is 5.73 Å². The van der Waals surface area contributed by atoms with Gasteiger partial charge in [-0.15, -0.1) is 0 Å². The Morgan fingerprint density at radius 1 is 1.29 bits per heavy atom. The number of hydrogen-bond donors (Lipinski definition) is 1. The predicted octanol–water partition coefficient (Wildman–Crippen LogP) is 2.00. The summed E-state index contributed by atoms with van der Waals surface area (Å²) in [6.07, 6.45) is -1.55. The second kappa shape index (κ2) is 6.24. The van der Waals surface area contributed by atoms with Gasteiger partial charge in [0.15, 0.2) is 0 Å². The van der Waals surface area contributed by atoms with Crippen molar-refractivity contribution >= 4 is 0 Å². The van der Waals surface area contributed by atoms with Gasteiger partial charge in [0.2, 0.25) is 0 Å². The third-order valence-corrected chi connectivity index (χ3v) is 1.90. The van der Waals surface area contributed by atoms with Crippen molar-refractivity contribution < 1.29 is 13.2 Å². The van der Waals surface area contributed by atoms with Crippen LogP contribution in [0.2, 0.25) is 0 Å². The summed E-state index contributed by atoms with van der Waals surface area (Å²) in [4.78, 5) is 1.29. The summed E-state index contributed by atoms with van der Waals surface area (Å²) >= 11 is 0. The minimum Gasteiger partial charge on any atom is -0.328 e. The SMILES string of the molecule is CC(N)CCCCN(C)CC(F)(F)F. The van der Waals surface area contributed by atoms with Gasteiger partial charge in [0, 0.05) is 6.04 Å². The first-order chi connectivity index (χ1) is 6.31. The molecular formula is C9H19F3N2. The lowest BCUT2D eigenvalue weighted by atomic mass is 10.1. The van der Waals surface area contributed by atoms with Crippen LogP contribution in [0, 0.1) is 0 Å². The standard InChI is InChI=1S/C9H19F3N2/c1-8(13)5-3-4-6-14(2)7-9(10,11)12/h8H,3-7,13H2,1-2H3. The highest BCUT2D eigenvalue weighted by atomic mass is 19.4. The fraction of sp³-hybridized carbons (Fsp3) is 1.00. The maximum atomic E-state index is 11.9. The van der Waals surface area contributed by atoms with Gasteiger partial charge < -0.3 is 5.73 Å². The van der Waals surface area contributed by atoms with Crippen LogP contribution in [0.25, 0.3) is 0 Å². The molecule has 14 heavy (non-hydrogen) atoms. The fourth-order valence-corrected chi connectivity index (χ4v) is 1.23. The molecule has 0 aliphatic rings. The zero-order valence-electron chi connectivity index (χ0n) is 8.77. The highest BCUT2D eigenvalue weighted by molar-refractivity contribution is 4.60. The summed E-state index contributed by atoms with van der Waals surface area (Å²) in [7, 11) is 1.49. The fourth-order valence-electron chi connectivity index (χ4n) is 1.23. The summed E-state index contributed by atoms with van der Waals surface area (Å²) in [6, 6.07) is 0.142. The summed E-state index contributed by atoms with van der Waals surface area (Å²) in [5.74, 6) is 0. The summed E-state index contributed by atoms with van der Waals surface area (Å²) in [6.45, 7) is 1.55. The van der Waals surface area contributed by atoms with E-state index in [0.717, 1.165) is 19.3 Å². The number of alkyl halides is 3. The molecule has 2 nitrogen and oxygen atoms in total. The van der Waals surface area contributed by atoms with Crippen LogP contribution in [0.1, 0.15) is 26.2 Å². The maximum Gasteiger partial charge on any atom is 0.401 e. The van der Waals surface area contributed by atoms with Gasteiger partial charge in [-0.3, -0.25) is 4.90 Å². The smallest absolute Gasteiger partial charge is 0.328 e. The van der Waals surface area contributed by atoms with Gasteiger partial charge >= 0.3 is 6.18 Å². The molecule has 0 rings (SSSR count). The third kappa shape index (κ3) is 9.80. The Morgan fingerprint density at radius 2 is 1.86 bits per heavy atom. The molecule has 2 N–H and O–H groups in total. The molecule has 0 aliphatic carbocycles. The minimum absolute atomic E-state index is 0.142. The Hall–Kier alpha value is -0.290. The zero-order valence-corrected chi connectivity index (χ0v) is 8.77. The van der Waals surface area contributed by atoms with Crippen LogP contribution in [-0.4, -0.2) is 37.3 Å². The van der Waals surface area contributed by atoms with Crippen LogP contribution in [0.15, 0.2) is 0 Å². The molecular weight excluding hydrogens is 193 g/mol. The molecule has 0 spiro atoms. The second-order valence-corrected chi connectivity index (χ2v) is 3.83. The van der Waals surface area contributed by atoms with Gasteiger partial charge in [0.1, 0.15) is 0 Å². The lowest BCUT2D eigenvalue weighted by Crippen LogP contribution is -2.31. The van der Waals surface area contributed by atoms with Crippen molar-refractivity contribution in [1.82, 2.24) is 4.90 Å². The molecule has 1 atom stereocenters. The van der Waals surface area contributed by atoms with Gasteiger partial charge in [0.25, 0.3) is 0 Å². The Bertz CT molecular complexity index is 145. The molecule has 0 heterocycles. The first kappa shape index (κ1) is 13.7. The van der Waals surface area contributed by atoms with E-state index in [-0.39, 0.29) is 6.04 Å². The molecule has 0 radical (unpaired) electrons. The average molecular weight is 212 g/mol. The molecule has 0 fully saturated rings. The van der Waals surface area contributed by atoms with E-state index in [2.05, 4.69) is 0 Å². The molecule has 0 amide bonds. The van der Waals surface area contributed by atoms with Crippen LogP contribution >= 0.6 is 0 Å². The summed E-state index contributed by atoms with van der Waals surface area (Å²) in [5, 5.41) is 0. The van der Waals surface area contributed by atoms with E-state index in [4.69, 9.17) is 5.73 Å². The number of halogens is 3. The number of unbranched alkanes of at least 4 members (excludes halogenated alkanes) is 1. The van der Waals surface area contributed by atoms with Crippen molar-refractivity contribution in [2.45, 2.75) is 38.4 Å². The first-order valence-corrected chi connectivity index (χ1v) is 4.82. The van der Waals surface area contributed by atoms with Crippen molar-refractivity contribution in [1.29, 1.82) is 0 Å². The van der Waals surface area contributed by atoms with E-state index in [0.29, 0.717) is 6.54 Å². The van der Waals surface area contributed by atoms with E-state index >= 15 is 0 Å². The van der Waals surface area contributed by atoms with Gasteiger partial charge in [0.05, 0.1) is 6.54 Å². The third-order valence-electron chi connectivity index (χ3n) is 1.90. The highest BCUT2D eigenvalue weighted by Gasteiger charge is 2.28. The molecule has 0 saturated carbocycles. The van der Waals surface area contributed by atoms with Crippen molar-refractivity contribution in [2.24, 2.45) is 5.73 Å². The number of nitrogens with two attached hydrogens (primary N) is 1. The van der Waals surface area contributed by atoms with E-state index in [1.807, 2.05) is 6.92 Å². The molecule has 0 aliphatic heterocycles. The predicted molar refractivity (Wildman–Crippen MR) is 51.1 cm³/mol. The molecule has 1 unspecified atom stereocenters. The average Bonchev–Trinajstić information content (AvgIpc) is 1.94. The largest absolute Gasteiger partial charge is 0.401 e. The number of hydrogen-bond acceptors (Lipinski definition) is 2. The molecule has 0 aromatic carbocycles. The van der Waals surface area contributed by atoms with E-state index in [9.17, 15) is 13.2 Å². The van der Waals surface area contributed by atoms with Crippen molar-refractivity contribution in [2.75, 3.05) is 20.1 Å². The minimum atomic E-state index is -4.09. The topological polar surface area (TPSA) is 29.3 Å². The molecule has 86 valence electrons. The monoisotopic (exact) mass is 212 g/mol. The van der Waals surface area contributed by atoms with Gasteiger partial charge in [-0.2, -0.15) is 13.2 Å². The first-order valence-electron chi connectivity index (χ1n) is 4.82. The van der Waals surface area contributed by atoms with Crippen molar-refractivity contribution in [3.05, 3.63) is 0 Å². The number of nitrogens with zero attached hydrogens (tertiary/aromatic N) is 1. The molecule has 0 bridgehead atoms. The second-order valence-electron chi connectivity index (χ2n) is 3.83. The van der Waals surface area contributed by atoms with Gasteiger partial charge in [-0.25, -0.2) is 0 Å². The van der Waals surface area contributed by atoms with Gasteiger partial charge in [-0.05, 0) is 33.4 Å². The quantitative estimate of drug-likeness (QED) is 0.682. The zero-order chi connectivity index (χ0) is 11.2. The van der Waals surface area contributed by atoms with Gasteiger partial charge in [-0.1, -0.05) is 6.42 Å². The Morgan fingerprint density at radius 3 is 2.29 bits per heavy atom. The van der Waals surface area contributed by atoms with Crippen LogP contribution in [0.5, 0.6) is 0 Å². The van der Waals surface area contributed by atoms with Crippen LogP contribution in [0.4, 0.5) is 13.2 Å². The lowest BCUT2D eigenvalue weighted by molar-refractivity contribution is -0.143. The van der Waals surface area contributed by atoms with E-state index in [1.54, 1.807) is 0 Å². The Labute approximate surface area is 83.3 Å². The maximum absolute atomic E-state index is 11.9. The molecule has 0 saturated heterocycles.